The van der Waals surface area contributed by atoms with Crippen LogP contribution in [0.25, 0.3) is 0 Å². The van der Waals surface area contributed by atoms with Gasteiger partial charge in [-0.3, -0.25) is 9.59 Å². The largest absolute Gasteiger partial charge is 0.469 e. The quantitative estimate of drug-likeness (QED) is 0.867. The van der Waals surface area contributed by atoms with Gasteiger partial charge in [0.05, 0.1) is 7.11 Å². The van der Waals surface area contributed by atoms with Crippen molar-refractivity contribution in [3.8, 4) is 0 Å². The lowest BCUT2D eigenvalue weighted by Gasteiger charge is -2.28. The predicted octanol–water partition coefficient (Wildman–Crippen LogP) is 2.88. The molecule has 1 aliphatic rings. The number of amides is 1. The summed E-state index contributed by atoms with van der Waals surface area (Å²) >= 11 is 0. The average Bonchev–Trinajstić information content (AvgIpc) is 2.55. The van der Waals surface area contributed by atoms with Crippen LogP contribution in [0.3, 0.4) is 0 Å². The zero-order chi connectivity index (χ0) is 15.2. The average molecular weight is 289 g/mol. The van der Waals surface area contributed by atoms with Gasteiger partial charge in [0.25, 0.3) is 5.91 Å². The van der Waals surface area contributed by atoms with E-state index < -0.39 is 0 Å². The van der Waals surface area contributed by atoms with Crippen molar-refractivity contribution in [1.29, 1.82) is 0 Å². The van der Waals surface area contributed by atoms with Gasteiger partial charge in [-0.1, -0.05) is 12.1 Å². The highest BCUT2D eigenvalue weighted by molar-refractivity contribution is 5.93. The van der Waals surface area contributed by atoms with Crippen LogP contribution in [0, 0.1) is 5.92 Å². The highest BCUT2D eigenvalue weighted by Crippen LogP contribution is 2.37. The molecule has 1 aromatic carbocycles. The minimum Gasteiger partial charge on any atom is -0.469 e. The molecule has 1 amide bonds. The Morgan fingerprint density at radius 3 is 2.29 bits per heavy atom. The van der Waals surface area contributed by atoms with Gasteiger partial charge < -0.3 is 10.1 Å². The summed E-state index contributed by atoms with van der Waals surface area (Å²) in [5.74, 6) is 0.841. The molecule has 0 aliphatic heterocycles. The van der Waals surface area contributed by atoms with Crippen LogP contribution in [-0.4, -0.2) is 26.0 Å². The third kappa shape index (κ3) is 4.06. The van der Waals surface area contributed by atoms with Crippen LogP contribution < -0.4 is 5.32 Å². The molecular formula is C17H23NO3. The molecule has 4 nitrogen and oxygen atoms in total. The Bertz CT molecular complexity index is 487. The fraction of sp³-hybridized carbons (Fsp3) is 0.529. The minimum atomic E-state index is -0.103. The molecule has 1 aromatic rings. The summed E-state index contributed by atoms with van der Waals surface area (Å²) in [7, 11) is 3.08. The van der Waals surface area contributed by atoms with Gasteiger partial charge in [-0.2, -0.15) is 0 Å². The van der Waals surface area contributed by atoms with E-state index in [1.54, 1.807) is 7.05 Å². The second-order valence-electron chi connectivity index (χ2n) is 5.70. The first-order valence-corrected chi connectivity index (χ1v) is 7.53. The van der Waals surface area contributed by atoms with E-state index in [9.17, 15) is 9.59 Å². The molecule has 0 spiro atoms. The second-order valence-corrected chi connectivity index (χ2v) is 5.70. The lowest BCUT2D eigenvalue weighted by atomic mass is 9.77. The monoisotopic (exact) mass is 289 g/mol. The standard InChI is InChI=1S/C17H23NO3/c1-18-17(20)15-9-7-14(8-10-15)13-5-3-12(4-6-13)11-16(19)21-2/h7-10,12-13H,3-6,11H2,1-2H3,(H,18,20)/t12-,13-. The second kappa shape index (κ2) is 7.25. The van der Waals surface area contributed by atoms with E-state index in [0.29, 0.717) is 23.8 Å². The topological polar surface area (TPSA) is 55.4 Å². The lowest BCUT2D eigenvalue weighted by molar-refractivity contribution is -0.142. The van der Waals surface area contributed by atoms with Crippen LogP contribution in [0.5, 0.6) is 0 Å². The maximum atomic E-state index is 11.5. The van der Waals surface area contributed by atoms with Gasteiger partial charge in [0.15, 0.2) is 0 Å². The maximum absolute atomic E-state index is 11.5. The smallest absolute Gasteiger partial charge is 0.305 e. The highest BCUT2D eigenvalue weighted by Gasteiger charge is 2.24. The molecule has 0 saturated heterocycles. The summed E-state index contributed by atoms with van der Waals surface area (Å²) in [6, 6.07) is 7.87. The Morgan fingerprint density at radius 2 is 1.76 bits per heavy atom. The van der Waals surface area contributed by atoms with Crippen molar-refractivity contribution in [2.24, 2.45) is 5.92 Å². The van der Waals surface area contributed by atoms with Gasteiger partial charge in [0.1, 0.15) is 0 Å². The fourth-order valence-electron chi connectivity index (χ4n) is 3.07. The van der Waals surface area contributed by atoms with Crippen LogP contribution in [0.2, 0.25) is 0 Å². The molecule has 1 N–H and O–H groups in total. The summed E-state index contributed by atoms with van der Waals surface area (Å²) in [4.78, 5) is 22.8. The van der Waals surface area contributed by atoms with E-state index in [0.717, 1.165) is 25.7 Å². The highest BCUT2D eigenvalue weighted by atomic mass is 16.5. The molecular weight excluding hydrogens is 266 g/mol. The Morgan fingerprint density at radius 1 is 1.14 bits per heavy atom. The van der Waals surface area contributed by atoms with Gasteiger partial charge in [-0.25, -0.2) is 0 Å². The van der Waals surface area contributed by atoms with Crippen LogP contribution in [0.1, 0.15) is 53.9 Å². The Labute approximate surface area is 125 Å². The van der Waals surface area contributed by atoms with Crippen molar-refractivity contribution in [1.82, 2.24) is 5.32 Å². The number of carbonyl (C=O) groups is 2. The lowest BCUT2D eigenvalue weighted by Crippen LogP contribution is -2.18. The number of carbonyl (C=O) groups excluding carboxylic acids is 2. The fourth-order valence-corrected chi connectivity index (χ4v) is 3.07. The number of esters is 1. The van der Waals surface area contributed by atoms with Crippen LogP contribution in [-0.2, 0) is 9.53 Å². The first-order chi connectivity index (χ1) is 10.1. The van der Waals surface area contributed by atoms with Gasteiger partial charge in [-0.15, -0.1) is 0 Å². The van der Waals surface area contributed by atoms with E-state index in [4.69, 9.17) is 4.74 Å². The number of benzene rings is 1. The minimum absolute atomic E-state index is 0.0525. The SMILES string of the molecule is CNC(=O)c1ccc([C@H]2CC[C@H](CC(=O)OC)CC2)cc1. The molecule has 21 heavy (non-hydrogen) atoms. The van der Waals surface area contributed by atoms with Crippen molar-refractivity contribution in [3.63, 3.8) is 0 Å². The molecule has 0 heterocycles. The van der Waals surface area contributed by atoms with E-state index in [1.165, 1.54) is 12.7 Å². The van der Waals surface area contributed by atoms with Gasteiger partial charge in [0.2, 0.25) is 0 Å². The predicted molar refractivity (Wildman–Crippen MR) is 81.2 cm³/mol. The van der Waals surface area contributed by atoms with Crippen molar-refractivity contribution in [2.45, 2.75) is 38.0 Å². The van der Waals surface area contributed by atoms with E-state index in [2.05, 4.69) is 17.4 Å². The molecule has 114 valence electrons. The van der Waals surface area contributed by atoms with Gasteiger partial charge >= 0.3 is 5.97 Å². The van der Waals surface area contributed by atoms with Crippen molar-refractivity contribution in [2.75, 3.05) is 14.2 Å². The molecule has 0 atom stereocenters. The zero-order valence-corrected chi connectivity index (χ0v) is 12.7. The number of nitrogens with one attached hydrogen (secondary N) is 1. The summed E-state index contributed by atoms with van der Waals surface area (Å²) in [5.41, 5.74) is 1.99. The number of hydrogen-bond acceptors (Lipinski definition) is 3. The maximum Gasteiger partial charge on any atom is 0.305 e. The van der Waals surface area contributed by atoms with Crippen LogP contribution >= 0.6 is 0 Å². The molecule has 1 aliphatic carbocycles. The number of hydrogen-bond donors (Lipinski definition) is 1. The molecule has 0 aromatic heterocycles. The molecule has 4 heteroatoms. The van der Waals surface area contributed by atoms with E-state index in [-0.39, 0.29) is 11.9 Å². The molecule has 2 rings (SSSR count). The number of methoxy groups -OCH3 is 1. The summed E-state index contributed by atoms with van der Waals surface area (Å²) in [6.45, 7) is 0. The number of rotatable bonds is 4. The van der Waals surface area contributed by atoms with Crippen molar-refractivity contribution in [3.05, 3.63) is 35.4 Å². The Hall–Kier alpha value is -1.84. The van der Waals surface area contributed by atoms with Gasteiger partial charge in [0, 0.05) is 19.0 Å². The zero-order valence-electron chi connectivity index (χ0n) is 12.7. The normalized spacial score (nSPS) is 21.6. The Balaban J connectivity index is 1.90. The van der Waals surface area contributed by atoms with E-state index >= 15 is 0 Å². The third-order valence-corrected chi connectivity index (χ3v) is 4.40. The Kier molecular flexibility index (Phi) is 5.37. The number of ether oxygens (including phenoxy) is 1. The van der Waals surface area contributed by atoms with Crippen molar-refractivity contribution < 1.29 is 14.3 Å². The summed E-state index contributed by atoms with van der Waals surface area (Å²) < 4.78 is 4.73. The summed E-state index contributed by atoms with van der Waals surface area (Å²) in [6.07, 6.45) is 4.87. The van der Waals surface area contributed by atoms with Crippen LogP contribution in [0.15, 0.2) is 24.3 Å². The first-order valence-electron chi connectivity index (χ1n) is 7.53. The first kappa shape index (κ1) is 15.5. The molecule has 0 radical (unpaired) electrons. The van der Waals surface area contributed by atoms with Crippen molar-refractivity contribution >= 4 is 11.9 Å². The molecule has 0 unspecified atom stereocenters. The van der Waals surface area contributed by atoms with E-state index in [1.807, 2.05) is 12.1 Å². The molecule has 1 saturated carbocycles. The summed E-state index contributed by atoms with van der Waals surface area (Å²) in [5, 5.41) is 2.63. The van der Waals surface area contributed by atoms with Crippen LogP contribution in [0.4, 0.5) is 0 Å². The molecule has 0 bridgehead atoms. The van der Waals surface area contributed by atoms with Gasteiger partial charge in [-0.05, 0) is 55.2 Å². The third-order valence-electron chi connectivity index (χ3n) is 4.40. The molecule has 1 fully saturated rings.